The molecule has 72 valence electrons. The minimum atomic E-state index is 1.21. The Labute approximate surface area is 82.3 Å². The Bertz CT molecular complexity index is 236. The summed E-state index contributed by atoms with van der Waals surface area (Å²) in [6.45, 7) is 9.60. The molecule has 0 fully saturated rings. The van der Waals surface area contributed by atoms with E-state index in [4.69, 9.17) is 0 Å². The molecule has 1 aromatic rings. The zero-order valence-corrected chi connectivity index (χ0v) is 9.01. The van der Waals surface area contributed by atoms with Crippen LogP contribution >= 0.6 is 0 Å². The van der Waals surface area contributed by atoms with Crippen LogP contribution in [0.15, 0.2) is 36.9 Å². The average molecular weight is 176 g/mol. The zero-order valence-electron chi connectivity index (χ0n) is 9.01. The van der Waals surface area contributed by atoms with E-state index in [0.717, 1.165) is 0 Å². The lowest BCUT2D eigenvalue weighted by molar-refractivity contribution is 0.920. The molecule has 0 N–H and O–H groups in total. The summed E-state index contributed by atoms with van der Waals surface area (Å²) in [5, 5.41) is 0. The predicted octanol–water partition coefficient (Wildman–Crippen LogP) is 4.14. The highest BCUT2D eigenvalue weighted by Gasteiger charge is 1.88. The van der Waals surface area contributed by atoms with E-state index in [9.17, 15) is 0 Å². The Hall–Kier alpha value is -1.04. The molecule has 0 unspecified atom stereocenters. The first-order chi connectivity index (χ1) is 6.24. The molecule has 0 aromatic heterocycles. The highest BCUT2D eigenvalue weighted by molar-refractivity contribution is 5.21. The van der Waals surface area contributed by atoms with E-state index in [1.807, 2.05) is 6.92 Å². The molecule has 0 heterocycles. The van der Waals surface area contributed by atoms with Crippen molar-refractivity contribution in [1.29, 1.82) is 0 Å². The molecule has 1 rings (SSSR count). The Morgan fingerprint density at radius 3 is 2.46 bits per heavy atom. The summed E-state index contributed by atoms with van der Waals surface area (Å²) >= 11 is 0. The van der Waals surface area contributed by atoms with Crippen LogP contribution in [0.1, 0.15) is 31.4 Å². The summed E-state index contributed by atoms with van der Waals surface area (Å²) in [7, 11) is 0. The second kappa shape index (κ2) is 7.60. The van der Waals surface area contributed by atoms with Crippen molar-refractivity contribution in [3.8, 4) is 0 Å². The smallest absolute Gasteiger partial charge is 0.0281 e. The number of benzene rings is 1. The van der Waals surface area contributed by atoms with Crippen LogP contribution in [0.2, 0.25) is 0 Å². The lowest BCUT2D eigenvalue weighted by atomic mass is 10.1. The number of allylic oxidation sites excluding steroid dienone is 1. The van der Waals surface area contributed by atoms with Gasteiger partial charge in [-0.15, -0.1) is 6.58 Å². The Kier molecular flexibility index (Phi) is 6.99. The fraction of sp³-hybridized carbons (Fsp3) is 0.385. The topological polar surface area (TPSA) is 0 Å². The van der Waals surface area contributed by atoms with Gasteiger partial charge < -0.3 is 0 Å². The summed E-state index contributed by atoms with van der Waals surface area (Å²) in [5.74, 6) is 0. The number of rotatable bonds is 2. The van der Waals surface area contributed by atoms with Gasteiger partial charge in [-0.3, -0.25) is 0 Å². The minimum absolute atomic E-state index is 1.21. The quantitative estimate of drug-likeness (QED) is 0.594. The first-order valence-corrected chi connectivity index (χ1v) is 4.87. The van der Waals surface area contributed by atoms with Gasteiger partial charge in [-0.05, 0) is 25.8 Å². The molecule has 0 spiro atoms. The van der Waals surface area contributed by atoms with E-state index in [-0.39, 0.29) is 0 Å². The molecule has 0 saturated carbocycles. The summed E-state index contributed by atoms with van der Waals surface area (Å²) in [5.41, 5.74) is 2.83. The van der Waals surface area contributed by atoms with Gasteiger partial charge in [-0.25, -0.2) is 0 Å². The lowest BCUT2D eigenvalue weighted by Crippen LogP contribution is -1.82. The van der Waals surface area contributed by atoms with Crippen LogP contribution in [-0.4, -0.2) is 0 Å². The first kappa shape index (κ1) is 12.0. The molecule has 13 heavy (non-hydrogen) atoms. The SMILES string of the molecule is C=CC.CCCc1cccc(C)c1. The van der Waals surface area contributed by atoms with Crippen molar-refractivity contribution < 1.29 is 0 Å². The maximum absolute atomic E-state index is 3.36. The van der Waals surface area contributed by atoms with Gasteiger partial charge in [0.25, 0.3) is 0 Å². The van der Waals surface area contributed by atoms with Crippen molar-refractivity contribution in [3.63, 3.8) is 0 Å². The van der Waals surface area contributed by atoms with Crippen molar-refractivity contribution >= 4 is 0 Å². The van der Waals surface area contributed by atoms with E-state index < -0.39 is 0 Å². The summed E-state index contributed by atoms with van der Waals surface area (Å²) < 4.78 is 0. The molecule has 0 saturated heterocycles. The van der Waals surface area contributed by atoms with Crippen LogP contribution in [0, 0.1) is 6.92 Å². The van der Waals surface area contributed by atoms with Crippen LogP contribution in [0.3, 0.4) is 0 Å². The molecule has 0 nitrogen and oxygen atoms in total. The van der Waals surface area contributed by atoms with Gasteiger partial charge in [0, 0.05) is 0 Å². The highest BCUT2D eigenvalue weighted by Crippen LogP contribution is 2.05. The standard InChI is InChI=1S/C10H14.C3H6/c1-3-5-10-7-4-6-9(2)8-10;1-3-2/h4,6-8H,3,5H2,1-2H3;3H,1H2,2H3. The van der Waals surface area contributed by atoms with Gasteiger partial charge in [0.15, 0.2) is 0 Å². The Morgan fingerprint density at radius 1 is 1.38 bits per heavy atom. The molecule has 0 amide bonds. The Balaban J connectivity index is 0.000000424. The molecule has 1 aromatic carbocycles. The van der Waals surface area contributed by atoms with E-state index in [2.05, 4.69) is 44.7 Å². The molecule has 0 aliphatic carbocycles. The number of hydrogen-bond acceptors (Lipinski definition) is 0. The first-order valence-electron chi connectivity index (χ1n) is 4.87. The normalized spacial score (nSPS) is 8.54. The largest absolute Gasteiger partial charge is 0.103 e. The molecular formula is C13H20. The second-order valence-corrected chi connectivity index (χ2v) is 3.15. The van der Waals surface area contributed by atoms with Gasteiger partial charge in [-0.1, -0.05) is 49.2 Å². The Morgan fingerprint density at radius 2 is 2.00 bits per heavy atom. The van der Waals surface area contributed by atoms with Crippen molar-refractivity contribution in [2.45, 2.75) is 33.6 Å². The van der Waals surface area contributed by atoms with Crippen LogP contribution in [0.25, 0.3) is 0 Å². The van der Waals surface area contributed by atoms with Crippen molar-refractivity contribution in [1.82, 2.24) is 0 Å². The zero-order chi connectivity index (χ0) is 10.1. The number of aryl methyl sites for hydroxylation is 2. The van der Waals surface area contributed by atoms with Gasteiger partial charge in [0.2, 0.25) is 0 Å². The highest BCUT2D eigenvalue weighted by atomic mass is 13.9. The second-order valence-electron chi connectivity index (χ2n) is 3.15. The van der Waals surface area contributed by atoms with Crippen molar-refractivity contribution in [2.75, 3.05) is 0 Å². The fourth-order valence-corrected chi connectivity index (χ4v) is 1.16. The van der Waals surface area contributed by atoms with E-state index in [0.29, 0.717) is 0 Å². The van der Waals surface area contributed by atoms with E-state index in [1.165, 1.54) is 24.0 Å². The van der Waals surface area contributed by atoms with Crippen LogP contribution in [-0.2, 0) is 6.42 Å². The monoisotopic (exact) mass is 176 g/mol. The third-order valence-electron chi connectivity index (χ3n) is 1.62. The molecule has 0 heteroatoms. The van der Waals surface area contributed by atoms with E-state index >= 15 is 0 Å². The minimum Gasteiger partial charge on any atom is -0.103 e. The van der Waals surface area contributed by atoms with Gasteiger partial charge in [0.05, 0.1) is 0 Å². The summed E-state index contributed by atoms with van der Waals surface area (Å²) in [4.78, 5) is 0. The van der Waals surface area contributed by atoms with Crippen molar-refractivity contribution in [3.05, 3.63) is 48.0 Å². The molecular weight excluding hydrogens is 156 g/mol. The molecule has 0 radical (unpaired) electrons. The van der Waals surface area contributed by atoms with Gasteiger partial charge in [-0.2, -0.15) is 0 Å². The van der Waals surface area contributed by atoms with Crippen LogP contribution < -0.4 is 0 Å². The molecule has 0 atom stereocenters. The predicted molar refractivity (Wildman–Crippen MR) is 61.0 cm³/mol. The van der Waals surface area contributed by atoms with Gasteiger partial charge >= 0.3 is 0 Å². The van der Waals surface area contributed by atoms with Crippen molar-refractivity contribution in [2.24, 2.45) is 0 Å². The van der Waals surface area contributed by atoms with E-state index in [1.54, 1.807) is 6.08 Å². The maximum atomic E-state index is 3.36. The van der Waals surface area contributed by atoms with Gasteiger partial charge in [0.1, 0.15) is 0 Å². The summed E-state index contributed by atoms with van der Waals surface area (Å²) in [6.07, 6.45) is 4.20. The summed E-state index contributed by atoms with van der Waals surface area (Å²) in [6, 6.07) is 8.71. The fourth-order valence-electron chi connectivity index (χ4n) is 1.16. The van der Waals surface area contributed by atoms with Crippen LogP contribution in [0.4, 0.5) is 0 Å². The average Bonchev–Trinajstić information content (AvgIpc) is 2.06. The molecule has 0 aliphatic heterocycles. The third kappa shape index (κ3) is 6.15. The molecule has 0 bridgehead atoms. The number of hydrogen-bond donors (Lipinski definition) is 0. The van der Waals surface area contributed by atoms with Crippen LogP contribution in [0.5, 0.6) is 0 Å². The maximum Gasteiger partial charge on any atom is -0.0281 e. The molecule has 0 aliphatic rings. The lowest BCUT2D eigenvalue weighted by Gasteiger charge is -1.97. The third-order valence-corrected chi connectivity index (χ3v) is 1.62.